The number of aromatic nitrogens is 1. The predicted molar refractivity (Wildman–Crippen MR) is 172 cm³/mol. The molecule has 0 bridgehead atoms. The van der Waals surface area contributed by atoms with E-state index in [2.05, 4.69) is 77.4 Å². The molecule has 0 fully saturated rings. The molecule has 4 nitrogen and oxygen atoms in total. The topological polar surface area (TPSA) is 28.5 Å². The Kier molecular flexibility index (Phi) is 5.38. The summed E-state index contributed by atoms with van der Waals surface area (Å²) in [7, 11) is -3.40. The third-order valence-corrected chi connectivity index (χ3v) is 10.9. The maximum atomic E-state index is 15.8. The van der Waals surface area contributed by atoms with Gasteiger partial charge in [-0.2, -0.15) is 0 Å². The van der Waals surface area contributed by atoms with Crippen molar-refractivity contribution >= 4 is 57.3 Å². The van der Waals surface area contributed by atoms with E-state index in [4.69, 9.17) is 0 Å². The van der Waals surface area contributed by atoms with Gasteiger partial charge >= 0.3 is 7.44 Å². The van der Waals surface area contributed by atoms with E-state index in [9.17, 15) is 0 Å². The van der Waals surface area contributed by atoms with E-state index in [1.165, 1.54) is 10.8 Å². The molecule has 8 rings (SSSR count). The molecule has 0 atom stereocenters. The van der Waals surface area contributed by atoms with Crippen LogP contribution < -0.4 is 14.6 Å². The number of benzene rings is 6. The van der Waals surface area contributed by atoms with E-state index in [1.54, 1.807) is 0 Å². The lowest BCUT2D eigenvalue weighted by molar-refractivity contribution is 0.582. The molecule has 41 heavy (non-hydrogen) atoms. The molecule has 1 aromatic heterocycles. The van der Waals surface area contributed by atoms with Crippen molar-refractivity contribution in [2.24, 2.45) is 0 Å². The van der Waals surface area contributed by atoms with Gasteiger partial charge in [0.1, 0.15) is 0 Å². The highest BCUT2D eigenvalue weighted by molar-refractivity contribution is 7.76. The fourth-order valence-corrected chi connectivity index (χ4v) is 9.15. The summed E-state index contributed by atoms with van der Waals surface area (Å²) in [5.41, 5.74) is 6.99. The van der Waals surface area contributed by atoms with Gasteiger partial charge in [0.25, 0.3) is 0 Å². The molecule has 1 aliphatic rings. The Hall–Kier alpha value is -5.05. The van der Waals surface area contributed by atoms with E-state index < -0.39 is 7.44 Å². The third kappa shape index (κ3) is 3.51. The van der Waals surface area contributed by atoms with Crippen LogP contribution in [-0.2, 0) is 4.57 Å². The van der Waals surface area contributed by atoms with Crippen LogP contribution in [0.2, 0.25) is 0 Å². The monoisotopic (exact) mass is 547 g/mol. The molecular weight excluding hydrogens is 521 g/mol. The first-order valence-electron chi connectivity index (χ1n) is 13.7. The van der Waals surface area contributed by atoms with Crippen molar-refractivity contribution < 1.29 is 4.57 Å². The van der Waals surface area contributed by atoms with Crippen molar-refractivity contribution in [1.82, 2.24) is 4.57 Å². The molecule has 0 amide bonds. The summed E-state index contributed by atoms with van der Waals surface area (Å²) in [5.74, 6) is 0. The zero-order valence-electron chi connectivity index (χ0n) is 22.2. The first-order valence-corrected chi connectivity index (χ1v) is 15.4. The Balaban J connectivity index is 1.35. The Morgan fingerprint density at radius 3 is 1.29 bits per heavy atom. The van der Waals surface area contributed by atoms with E-state index in [0.717, 1.165) is 44.8 Å². The Bertz CT molecular complexity index is 1960. The molecule has 5 heteroatoms. The van der Waals surface area contributed by atoms with Crippen LogP contribution in [0.3, 0.4) is 0 Å². The van der Waals surface area contributed by atoms with Crippen LogP contribution in [0, 0.1) is 0 Å². The van der Waals surface area contributed by atoms with E-state index in [1.807, 2.05) is 94.3 Å². The smallest absolute Gasteiger partial charge is 0.301 e. The minimum Gasteiger partial charge on any atom is -0.309 e. The van der Waals surface area contributed by atoms with Crippen molar-refractivity contribution in [2.45, 2.75) is 0 Å². The van der Waals surface area contributed by atoms with Crippen LogP contribution in [0.4, 0.5) is 22.7 Å². The minimum atomic E-state index is -3.40. The van der Waals surface area contributed by atoms with Crippen LogP contribution >= 0.6 is 7.44 Å². The Morgan fingerprint density at radius 2 is 0.805 bits per heavy atom. The lowest BCUT2D eigenvalue weighted by Gasteiger charge is -2.33. The molecule has 6 aromatic carbocycles. The standard InChI is InChI=1S/C36H26N3OP/c40-41(30-25-23-27(24-26-30)37-33-19-9-7-17-31(33)32-18-8-10-20-34(32)37)38(28-13-3-1-4-14-28)35-21-11-12-22-36(35)39(41)29-15-5-2-6-16-29/h1-26H. The zero-order valence-corrected chi connectivity index (χ0v) is 23.1. The SMILES string of the molecule is O=P1(c2ccc(-n3c4ccccc4c4ccccc43)cc2)N(c2ccccc2)c2ccccc2N1c1ccccc1. The molecular formula is C36H26N3OP. The quantitative estimate of drug-likeness (QED) is 0.205. The van der Waals surface area contributed by atoms with Crippen molar-refractivity contribution in [3.63, 3.8) is 0 Å². The number of para-hydroxylation sites is 6. The highest BCUT2D eigenvalue weighted by Gasteiger charge is 2.48. The molecule has 1 aliphatic heterocycles. The molecule has 7 aromatic rings. The van der Waals surface area contributed by atoms with Crippen molar-refractivity contribution in [2.75, 3.05) is 9.34 Å². The summed E-state index contributed by atoms with van der Waals surface area (Å²) < 4.78 is 22.2. The van der Waals surface area contributed by atoms with Gasteiger partial charge in [-0.15, -0.1) is 0 Å². The molecule has 196 valence electrons. The van der Waals surface area contributed by atoms with Crippen LogP contribution in [0.5, 0.6) is 0 Å². The maximum Gasteiger partial charge on any atom is 0.301 e. The number of rotatable bonds is 4. The highest BCUT2D eigenvalue weighted by Crippen LogP contribution is 2.69. The van der Waals surface area contributed by atoms with E-state index >= 15 is 4.57 Å². The van der Waals surface area contributed by atoms with Gasteiger partial charge in [-0.05, 0) is 72.8 Å². The summed E-state index contributed by atoms with van der Waals surface area (Å²) in [6, 6.07) is 53.5. The van der Waals surface area contributed by atoms with Crippen molar-refractivity contribution in [3.8, 4) is 5.69 Å². The second-order valence-corrected chi connectivity index (χ2v) is 12.6. The second-order valence-electron chi connectivity index (χ2n) is 10.2. The van der Waals surface area contributed by atoms with Gasteiger partial charge in [0.2, 0.25) is 0 Å². The molecule has 0 spiro atoms. The lowest BCUT2D eigenvalue weighted by atomic mass is 10.2. The molecule has 0 saturated carbocycles. The lowest BCUT2D eigenvalue weighted by Crippen LogP contribution is -2.26. The normalized spacial score (nSPS) is 14.0. The fourth-order valence-electron chi connectivity index (χ4n) is 6.16. The summed E-state index contributed by atoms with van der Waals surface area (Å²) in [6.45, 7) is 0. The number of hydrogen-bond acceptors (Lipinski definition) is 1. The third-order valence-electron chi connectivity index (χ3n) is 7.91. The summed E-state index contributed by atoms with van der Waals surface area (Å²) in [4.78, 5) is 0. The van der Waals surface area contributed by atoms with Gasteiger partial charge < -0.3 is 4.57 Å². The first kappa shape index (κ1) is 23.8. The molecule has 0 saturated heterocycles. The molecule has 2 heterocycles. The Morgan fingerprint density at radius 1 is 0.390 bits per heavy atom. The van der Waals surface area contributed by atoms with Crippen molar-refractivity contribution in [1.29, 1.82) is 0 Å². The zero-order chi connectivity index (χ0) is 27.4. The highest BCUT2D eigenvalue weighted by atomic mass is 31.2. The summed E-state index contributed by atoms with van der Waals surface area (Å²) in [6.07, 6.45) is 0. The van der Waals surface area contributed by atoms with Crippen LogP contribution in [-0.4, -0.2) is 4.57 Å². The van der Waals surface area contributed by atoms with E-state index in [0.29, 0.717) is 0 Å². The van der Waals surface area contributed by atoms with Crippen LogP contribution in [0.25, 0.3) is 27.5 Å². The second kappa shape index (κ2) is 9.26. The maximum absolute atomic E-state index is 15.8. The number of hydrogen-bond donors (Lipinski definition) is 0. The first-order chi connectivity index (χ1) is 20.2. The minimum absolute atomic E-state index is 0.769. The Labute approximate surface area is 238 Å². The average molecular weight is 548 g/mol. The molecule has 0 radical (unpaired) electrons. The largest absolute Gasteiger partial charge is 0.309 e. The summed E-state index contributed by atoms with van der Waals surface area (Å²) in [5, 5.41) is 3.21. The van der Waals surface area contributed by atoms with Gasteiger partial charge in [0.05, 0.1) is 27.7 Å². The van der Waals surface area contributed by atoms with Gasteiger partial charge in [-0.3, -0.25) is 13.9 Å². The van der Waals surface area contributed by atoms with Gasteiger partial charge in [-0.25, -0.2) is 0 Å². The number of fused-ring (bicyclic) bond motifs is 4. The fraction of sp³-hybridized carbons (Fsp3) is 0. The predicted octanol–water partition coefficient (Wildman–Crippen LogP) is 9.59. The van der Waals surface area contributed by atoms with Gasteiger partial charge in [0, 0.05) is 27.8 Å². The molecule has 0 N–H and O–H groups in total. The van der Waals surface area contributed by atoms with Gasteiger partial charge in [-0.1, -0.05) is 84.9 Å². The van der Waals surface area contributed by atoms with Crippen LogP contribution in [0.15, 0.2) is 158 Å². The van der Waals surface area contributed by atoms with Gasteiger partial charge in [0.15, 0.2) is 0 Å². The number of nitrogens with zero attached hydrogens (tertiary/aromatic N) is 3. The van der Waals surface area contributed by atoms with Crippen molar-refractivity contribution in [3.05, 3.63) is 158 Å². The number of anilines is 4. The summed E-state index contributed by atoms with van der Waals surface area (Å²) >= 11 is 0. The molecule has 0 unspecified atom stereocenters. The molecule has 0 aliphatic carbocycles. The average Bonchev–Trinajstić information content (AvgIpc) is 3.52. The van der Waals surface area contributed by atoms with Crippen LogP contribution in [0.1, 0.15) is 0 Å². The van der Waals surface area contributed by atoms with E-state index in [-0.39, 0.29) is 0 Å².